The summed E-state index contributed by atoms with van der Waals surface area (Å²) in [7, 11) is 2.22. The second kappa shape index (κ2) is 4.91. The molecule has 2 unspecified atom stereocenters. The van der Waals surface area contributed by atoms with Crippen molar-refractivity contribution >= 4 is 11.4 Å². The molecule has 5 heteroatoms. The monoisotopic (exact) mass is 284 g/mol. The molecule has 2 fully saturated rings. The van der Waals surface area contributed by atoms with Crippen LogP contribution >= 0.6 is 0 Å². The second-order valence-corrected chi connectivity index (χ2v) is 6.38. The van der Waals surface area contributed by atoms with Gasteiger partial charge in [0.2, 0.25) is 0 Å². The zero-order valence-corrected chi connectivity index (χ0v) is 12.3. The number of imidazole rings is 1. The van der Waals surface area contributed by atoms with E-state index >= 15 is 0 Å². The summed E-state index contributed by atoms with van der Waals surface area (Å²) in [6, 6.07) is 1.15. The molecule has 2 aromatic heterocycles. The van der Waals surface area contributed by atoms with Crippen molar-refractivity contribution in [2.24, 2.45) is 5.92 Å². The Labute approximate surface area is 124 Å². The molecule has 0 spiro atoms. The average molecular weight is 284 g/mol. The largest absolute Gasteiger partial charge is 0.300 e. The normalized spacial score (nSPS) is 29.7. The summed E-state index contributed by atoms with van der Waals surface area (Å²) in [5, 5.41) is 0. The van der Waals surface area contributed by atoms with Gasteiger partial charge in [0.1, 0.15) is 5.69 Å². The molecule has 0 aliphatic carbocycles. The van der Waals surface area contributed by atoms with E-state index in [-0.39, 0.29) is 11.7 Å². The highest BCUT2D eigenvalue weighted by molar-refractivity contribution is 5.97. The number of ketones is 1. The molecule has 110 valence electrons. The standard InChI is InChI=1S/C16H20N4O/c1-19-12-3-2-4-13(19)8-11(7-12)16(21)14-9-18-15-10-17-5-6-20(14)15/h5-6,9-13H,2-4,7-8H2,1H3. The molecule has 21 heavy (non-hydrogen) atoms. The lowest BCUT2D eigenvalue weighted by atomic mass is 9.76. The minimum atomic E-state index is 0.143. The van der Waals surface area contributed by atoms with Crippen molar-refractivity contribution < 1.29 is 4.79 Å². The van der Waals surface area contributed by atoms with Gasteiger partial charge in [-0.05, 0) is 32.7 Å². The molecule has 2 atom stereocenters. The minimum absolute atomic E-state index is 0.143. The van der Waals surface area contributed by atoms with E-state index in [0.29, 0.717) is 17.8 Å². The minimum Gasteiger partial charge on any atom is -0.300 e. The van der Waals surface area contributed by atoms with Gasteiger partial charge >= 0.3 is 0 Å². The highest BCUT2D eigenvalue weighted by atomic mass is 16.1. The Morgan fingerprint density at radius 2 is 2.00 bits per heavy atom. The van der Waals surface area contributed by atoms with Crippen LogP contribution < -0.4 is 0 Å². The number of rotatable bonds is 2. The third kappa shape index (κ3) is 2.07. The van der Waals surface area contributed by atoms with Crippen molar-refractivity contribution in [1.82, 2.24) is 19.3 Å². The van der Waals surface area contributed by atoms with Crippen molar-refractivity contribution in [3.05, 3.63) is 30.5 Å². The maximum absolute atomic E-state index is 12.9. The van der Waals surface area contributed by atoms with Gasteiger partial charge in [0.15, 0.2) is 11.4 Å². The zero-order chi connectivity index (χ0) is 14.4. The smallest absolute Gasteiger partial charge is 0.184 e. The molecule has 2 aliphatic rings. The summed E-state index contributed by atoms with van der Waals surface area (Å²) >= 11 is 0. The van der Waals surface area contributed by atoms with Gasteiger partial charge in [-0.15, -0.1) is 0 Å². The van der Waals surface area contributed by atoms with Crippen molar-refractivity contribution in [1.29, 1.82) is 0 Å². The maximum Gasteiger partial charge on any atom is 0.184 e. The van der Waals surface area contributed by atoms with Gasteiger partial charge in [-0.25, -0.2) is 4.98 Å². The lowest BCUT2D eigenvalue weighted by molar-refractivity contribution is 0.0336. The quantitative estimate of drug-likeness (QED) is 0.793. The topological polar surface area (TPSA) is 50.5 Å². The predicted octanol–water partition coefficient (Wildman–Crippen LogP) is 2.17. The predicted molar refractivity (Wildman–Crippen MR) is 79.2 cm³/mol. The van der Waals surface area contributed by atoms with Gasteiger partial charge in [0.25, 0.3) is 0 Å². The molecule has 4 heterocycles. The van der Waals surface area contributed by atoms with Crippen LogP contribution in [-0.4, -0.2) is 44.2 Å². The van der Waals surface area contributed by atoms with Crippen molar-refractivity contribution in [3.63, 3.8) is 0 Å². The van der Waals surface area contributed by atoms with E-state index < -0.39 is 0 Å². The number of hydrogen-bond acceptors (Lipinski definition) is 4. The Balaban J connectivity index is 1.63. The van der Waals surface area contributed by atoms with E-state index in [4.69, 9.17) is 0 Å². The van der Waals surface area contributed by atoms with E-state index in [1.807, 2.05) is 10.6 Å². The number of nitrogens with zero attached hydrogens (tertiary/aromatic N) is 4. The van der Waals surface area contributed by atoms with Crippen LogP contribution in [0, 0.1) is 5.92 Å². The number of piperidine rings is 2. The summed E-state index contributed by atoms with van der Waals surface area (Å²) in [5.74, 6) is 0.392. The Morgan fingerprint density at radius 3 is 2.76 bits per heavy atom. The summed E-state index contributed by atoms with van der Waals surface area (Å²) in [6.45, 7) is 0. The SMILES string of the molecule is CN1C2CCCC1CC(C(=O)c1cnc3cnccn13)C2. The first-order valence-corrected chi connectivity index (χ1v) is 7.77. The van der Waals surface area contributed by atoms with E-state index in [1.54, 1.807) is 18.6 Å². The Morgan fingerprint density at radius 1 is 1.24 bits per heavy atom. The third-order valence-corrected chi connectivity index (χ3v) is 5.28. The van der Waals surface area contributed by atoms with Crippen LogP contribution in [-0.2, 0) is 0 Å². The number of carbonyl (C=O) groups is 1. The summed E-state index contributed by atoms with van der Waals surface area (Å²) in [4.78, 5) is 23.7. The van der Waals surface area contributed by atoms with Crippen LogP contribution in [0.25, 0.3) is 5.65 Å². The first-order chi connectivity index (χ1) is 10.2. The van der Waals surface area contributed by atoms with Gasteiger partial charge in [-0.1, -0.05) is 6.42 Å². The molecule has 0 radical (unpaired) electrons. The van der Waals surface area contributed by atoms with Gasteiger partial charge < -0.3 is 4.90 Å². The molecule has 5 nitrogen and oxygen atoms in total. The van der Waals surface area contributed by atoms with E-state index in [0.717, 1.165) is 18.5 Å². The fourth-order valence-corrected chi connectivity index (χ4v) is 4.06. The summed E-state index contributed by atoms with van der Waals surface area (Å²) in [6.07, 6.45) is 12.7. The molecule has 2 aliphatic heterocycles. The Bertz CT molecular complexity index is 666. The van der Waals surface area contributed by atoms with E-state index in [9.17, 15) is 4.79 Å². The van der Waals surface area contributed by atoms with Crippen LogP contribution in [0.15, 0.2) is 24.8 Å². The Kier molecular flexibility index (Phi) is 3.03. The van der Waals surface area contributed by atoms with Gasteiger partial charge in [0.05, 0.1) is 12.4 Å². The average Bonchev–Trinajstić information content (AvgIpc) is 2.90. The van der Waals surface area contributed by atoms with Crippen LogP contribution in [0.4, 0.5) is 0 Å². The van der Waals surface area contributed by atoms with E-state index in [1.165, 1.54) is 19.3 Å². The number of hydrogen-bond donors (Lipinski definition) is 0. The fourth-order valence-electron chi connectivity index (χ4n) is 4.06. The first-order valence-electron chi connectivity index (χ1n) is 7.77. The molecule has 2 bridgehead atoms. The zero-order valence-electron chi connectivity index (χ0n) is 12.3. The molecule has 4 rings (SSSR count). The summed E-state index contributed by atoms with van der Waals surface area (Å²) < 4.78 is 1.86. The highest BCUT2D eigenvalue weighted by Crippen LogP contribution is 2.37. The maximum atomic E-state index is 12.9. The second-order valence-electron chi connectivity index (χ2n) is 6.38. The number of Topliss-reactive ketones (excluding diaryl/α,β-unsaturated/α-hetero) is 1. The third-order valence-electron chi connectivity index (χ3n) is 5.28. The van der Waals surface area contributed by atoms with Crippen LogP contribution in [0.1, 0.15) is 42.6 Å². The molecular weight excluding hydrogens is 264 g/mol. The molecule has 0 aromatic carbocycles. The fraction of sp³-hybridized carbons (Fsp3) is 0.562. The molecule has 0 saturated carbocycles. The lowest BCUT2D eigenvalue weighted by Gasteiger charge is -2.46. The van der Waals surface area contributed by atoms with Gasteiger partial charge in [-0.3, -0.25) is 14.2 Å². The first kappa shape index (κ1) is 13.0. The van der Waals surface area contributed by atoms with Crippen LogP contribution in [0.5, 0.6) is 0 Å². The van der Waals surface area contributed by atoms with Crippen LogP contribution in [0.3, 0.4) is 0 Å². The van der Waals surface area contributed by atoms with Crippen molar-refractivity contribution in [3.8, 4) is 0 Å². The molecular formula is C16H20N4O. The number of fused-ring (bicyclic) bond motifs is 3. The molecule has 2 saturated heterocycles. The lowest BCUT2D eigenvalue weighted by Crippen LogP contribution is -2.51. The summed E-state index contributed by atoms with van der Waals surface area (Å²) in [5.41, 5.74) is 1.45. The van der Waals surface area contributed by atoms with Gasteiger partial charge in [-0.2, -0.15) is 0 Å². The van der Waals surface area contributed by atoms with Crippen molar-refractivity contribution in [2.75, 3.05) is 7.05 Å². The Hall–Kier alpha value is -1.75. The molecule has 0 amide bonds. The number of carbonyl (C=O) groups excluding carboxylic acids is 1. The molecule has 2 aromatic rings. The van der Waals surface area contributed by atoms with Gasteiger partial charge in [0, 0.05) is 30.4 Å². The highest BCUT2D eigenvalue weighted by Gasteiger charge is 2.39. The number of aromatic nitrogens is 3. The van der Waals surface area contributed by atoms with E-state index in [2.05, 4.69) is 21.9 Å². The van der Waals surface area contributed by atoms with Crippen molar-refractivity contribution in [2.45, 2.75) is 44.2 Å². The molecule has 0 N–H and O–H groups in total. The van der Waals surface area contributed by atoms with Crippen LogP contribution in [0.2, 0.25) is 0 Å².